The van der Waals surface area contributed by atoms with E-state index >= 15 is 0 Å². The first-order valence-corrected chi connectivity index (χ1v) is 8.55. The minimum atomic E-state index is -0.753. The highest BCUT2D eigenvalue weighted by Gasteiger charge is 2.67. The molecule has 2 fully saturated rings. The predicted octanol–water partition coefficient (Wildman–Crippen LogP) is 2.58. The number of carbonyl (C=O) groups is 2. The van der Waals surface area contributed by atoms with Crippen molar-refractivity contribution in [2.45, 2.75) is 25.0 Å². The van der Waals surface area contributed by atoms with E-state index in [0.717, 1.165) is 6.42 Å². The van der Waals surface area contributed by atoms with Crippen molar-refractivity contribution < 1.29 is 19.1 Å². The van der Waals surface area contributed by atoms with Crippen molar-refractivity contribution in [2.75, 3.05) is 18.1 Å². The van der Waals surface area contributed by atoms with Crippen molar-refractivity contribution in [3.8, 4) is 0 Å². The highest BCUT2D eigenvalue weighted by Crippen LogP contribution is 2.53. The lowest BCUT2D eigenvalue weighted by Crippen LogP contribution is -2.40. The maximum atomic E-state index is 13.1. The standard InChI is InChI=1S/C18H18ClNO4/c1-2-9-23-17(22)14-13-7-8-18(24-13)10-20(16(21)15(14)18)12-6-4-3-5-11(12)19/h3-8,13-15H,2,9-10H2,1H3/t13-,14-,15-,18+/m1/s1. The van der Waals surface area contributed by atoms with Crippen molar-refractivity contribution in [3.05, 3.63) is 41.4 Å². The van der Waals surface area contributed by atoms with Crippen molar-refractivity contribution >= 4 is 29.2 Å². The second-order valence-electron chi connectivity index (χ2n) is 6.44. The summed E-state index contributed by atoms with van der Waals surface area (Å²) >= 11 is 6.25. The zero-order chi connectivity index (χ0) is 16.9. The fourth-order valence-corrected chi connectivity index (χ4v) is 4.18. The van der Waals surface area contributed by atoms with Crippen LogP contribution in [0.5, 0.6) is 0 Å². The van der Waals surface area contributed by atoms with E-state index in [1.54, 1.807) is 17.0 Å². The minimum Gasteiger partial charge on any atom is -0.465 e. The molecule has 0 N–H and O–H groups in total. The molecular formula is C18H18ClNO4. The molecular weight excluding hydrogens is 330 g/mol. The van der Waals surface area contributed by atoms with Crippen LogP contribution >= 0.6 is 11.6 Å². The maximum absolute atomic E-state index is 13.1. The van der Waals surface area contributed by atoms with E-state index in [0.29, 0.717) is 23.9 Å². The summed E-state index contributed by atoms with van der Waals surface area (Å²) in [5.41, 5.74) is -0.106. The average Bonchev–Trinajstić information content (AvgIpc) is 3.21. The van der Waals surface area contributed by atoms with E-state index in [1.165, 1.54) is 0 Å². The summed E-state index contributed by atoms with van der Waals surface area (Å²) < 4.78 is 11.3. The van der Waals surface area contributed by atoms with E-state index in [-0.39, 0.29) is 18.0 Å². The summed E-state index contributed by atoms with van der Waals surface area (Å²) in [4.78, 5) is 27.1. The van der Waals surface area contributed by atoms with Gasteiger partial charge in [0.25, 0.3) is 0 Å². The normalized spacial score (nSPS) is 33.2. The molecule has 3 aliphatic heterocycles. The number of amides is 1. The number of fused-ring (bicyclic) bond motifs is 1. The Bertz CT molecular complexity index is 733. The highest BCUT2D eigenvalue weighted by atomic mass is 35.5. The van der Waals surface area contributed by atoms with E-state index in [4.69, 9.17) is 21.1 Å². The second-order valence-corrected chi connectivity index (χ2v) is 6.85. The molecule has 2 bridgehead atoms. The molecule has 6 heteroatoms. The quantitative estimate of drug-likeness (QED) is 0.620. The SMILES string of the molecule is CCCOC(=O)[C@@H]1[C@H]2C=C[C@@]3(CN(c4ccccc4Cl)C(=O)[C@@H]13)O2. The second kappa shape index (κ2) is 5.60. The molecule has 24 heavy (non-hydrogen) atoms. The molecule has 0 radical (unpaired) electrons. The Balaban J connectivity index is 1.67. The summed E-state index contributed by atoms with van der Waals surface area (Å²) in [5, 5.41) is 0.505. The predicted molar refractivity (Wildman–Crippen MR) is 88.8 cm³/mol. The van der Waals surface area contributed by atoms with Crippen LogP contribution in [0.4, 0.5) is 5.69 Å². The van der Waals surface area contributed by atoms with E-state index in [2.05, 4.69) is 0 Å². The molecule has 0 saturated carbocycles. The number of nitrogens with zero attached hydrogens (tertiary/aromatic N) is 1. The summed E-state index contributed by atoms with van der Waals surface area (Å²) in [7, 11) is 0. The number of rotatable bonds is 4. The van der Waals surface area contributed by atoms with Crippen LogP contribution in [0.25, 0.3) is 0 Å². The number of hydrogen-bond acceptors (Lipinski definition) is 4. The Kier molecular flexibility index (Phi) is 3.66. The van der Waals surface area contributed by atoms with Crippen molar-refractivity contribution in [1.82, 2.24) is 0 Å². The van der Waals surface area contributed by atoms with Crippen LogP contribution in [-0.2, 0) is 19.1 Å². The summed E-state index contributed by atoms with van der Waals surface area (Å²) in [6, 6.07) is 7.20. The molecule has 3 heterocycles. The van der Waals surface area contributed by atoms with Crippen molar-refractivity contribution in [2.24, 2.45) is 11.8 Å². The van der Waals surface area contributed by atoms with E-state index in [1.807, 2.05) is 31.2 Å². The van der Waals surface area contributed by atoms with Gasteiger partial charge in [-0.15, -0.1) is 0 Å². The van der Waals surface area contributed by atoms with Gasteiger partial charge in [0, 0.05) is 0 Å². The number of hydrogen-bond donors (Lipinski definition) is 0. The van der Waals surface area contributed by atoms with Crippen LogP contribution in [0.3, 0.4) is 0 Å². The van der Waals surface area contributed by atoms with E-state index in [9.17, 15) is 9.59 Å². The third-order valence-electron chi connectivity index (χ3n) is 4.96. The zero-order valence-electron chi connectivity index (χ0n) is 13.3. The molecule has 1 aromatic carbocycles. The number of para-hydroxylation sites is 1. The molecule has 0 aromatic heterocycles. The largest absolute Gasteiger partial charge is 0.465 e. The van der Waals surface area contributed by atoms with Crippen LogP contribution < -0.4 is 4.90 Å². The smallest absolute Gasteiger partial charge is 0.312 e. The minimum absolute atomic E-state index is 0.131. The highest BCUT2D eigenvalue weighted by molar-refractivity contribution is 6.34. The third kappa shape index (κ3) is 2.11. The first kappa shape index (κ1) is 15.7. The number of anilines is 1. The van der Waals surface area contributed by atoms with Gasteiger partial charge in [-0.05, 0) is 18.6 Å². The molecule has 0 unspecified atom stereocenters. The average molecular weight is 348 g/mol. The number of esters is 1. The van der Waals surface area contributed by atoms with Gasteiger partial charge in [0.05, 0.1) is 35.9 Å². The van der Waals surface area contributed by atoms with Gasteiger partial charge in [0.2, 0.25) is 5.91 Å². The number of halogens is 1. The summed E-state index contributed by atoms with van der Waals surface area (Å²) in [5.74, 6) is -1.62. The van der Waals surface area contributed by atoms with Crippen LogP contribution in [0.15, 0.2) is 36.4 Å². The molecule has 3 aliphatic rings. The lowest BCUT2D eigenvalue weighted by molar-refractivity contribution is -0.152. The number of benzene rings is 1. The molecule has 4 atom stereocenters. The topological polar surface area (TPSA) is 55.8 Å². The van der Waals surface area contributed by atoms with Gasteiger partial charge in [0.15, 0.2) is 0 Å². The van der Waals surface area contributed by atoms with Crippen LogP contribution in [0.2, 0.25) is 5.02 Å². The molecule has 1 spiro atoms. The molecule has 1 amide bonds. The Hall–Kier alpha value is -1.85. The van der Waals surface area contributed by atoms with Crippen molar-refractivity contribution in [1.29, 1.82) is 0 Å². The fourth-order valence-electron chi connectivity index (χ4n) is 3.94. The fraction of sp³-hybridized carbons (Fsp3) is 0.444. The van der Waals surface area contributed by atoms with Crippen LogP contribution in [-0.4, -0.2) is 36.7 Å². The lowest BCUT2D eigenvalue weighted by atomic mass is 9.77. The van der Waals surface area contributed by atoms with Gasteiger partial charge in [-0.1, -0.05) is 42.8 Å². The first-order chi connectivity index (χ1) is 11.6. The molecule has 2 saturated heterocycles. The summed E-state index contributed by atoms with van der Waals surface area (Å²) in [6.45, 7) is 2.66. The van der Waals surface area contributed by atoms with Gasteiger partial charge in [-0.3, -0.25) is 9.59 Å². The Morgan fingerprint density at radius 2 is 2.25 bits per heavy atom. The molecule has 0 aliphatic carbocycles. The van der Waals surface area contributed by atoms with Gasteiger partial charge in [-0.2, -0.15) is 0 Å². The number of ether oxygens (including phenoxy) is 2. The van der Waals surface area contributed by atoms with Gasteiger partial charge >= 0.3 is 5.97 Å². The third-order valence-corrected chi connectivity index (χ3v) is 5.28. The lowest BCUT2D eigenvalue weighted by Gasteiger charge is -2.22. The Labute approximate surface area is 145 Å². The summed E-state index contributed by atoms with van der Waals surface area (Å²) in [6.07, 6.45) is 4.16. The molecule has 1 aromatic rings. The molecule has 5 nitrogen and oxygen atoms in total. The van der Waals surface area contributed by atoms with Crippen LogP contribution in [0.1, 0.15) is 13.3 Å². The van der Waals surface area contributed by atoms with Crippen molar-refractivity contribution in [3.63, 3.8) is 0 Å². The zero-order valence-corrected chi connectivity index (χ0v) is 14.0. The van der Waals surface area contributed by atoms with Gasteiger partial charge < -0.3 is 14.4 Å². The number of carbonyl (C=O) groups excluding carboxylic acids is 2. The Morgan fingerprint density at radius 1 is 1.46 bits per heavy atom. The van der Waals surface area contributed by atoms with Gasteiger partial charge in [0.1, 0.15) is 11.5 Å². The first-order valence-electron chi connectivity index (χ1n) is 8.17. The maximum Gasteiger partial charge on any atom is 0.312 e. The monoisotopic (exact) mass is 347 g/mol. The Morgan fingerprint density at radius 3 is 3.00 bits per heavy atom. The molecule has 126 valence electrons. The van der Waals surface area contributed by atoms with E-state index < -0.39 is 17.4 Å². The van der Waals surface area contributed by atoms with Gasteiger partial charge in [-0.25, -0.2) is 0 Å². The molecule has 4 rings (SSSR count). The van der Waals surface area contributed by atoms with Crippen LogP contribution in [0, 0.1) is 11.8 Å².